The van der Waals surface area contributed by atoms with Crippen LogP contribution in [-0.4, -0.2) is 38.5 Å². The van der Waals surface area contributed by atoms with Gasteiger partial charge in [0.15, 0.2) is 9.84 Å². The van der Waals surface area contributed by atoms with Gasteiger partial charge in [-0.3, -0.25) is 0 Å². The summed E-state index contributed by atoms with van der Waals surface area (Å²) in [5.41, 5.74) is 0.328. The number of nitriles is 1. The molecule has 0 aliphatic rings. The van der Waals surface area contributed by atoms with Gasteiger partial charge in [0.25, 0.3) is 0 Å². The van der Waals surface area contributed by atoms with Gasteiger partial charge in [0.05, 0.1) is 28.9 Å². The average molecular weight is 296 g/mol. The highest BCUT2D eigenvalue weighted by Gasteiger charge is 2.17. The SMILES string of the molecule is CC(C)[C@@H](CO)NCCS(=O)(=O)c1cccc(C#N)c1. The smallest absolute Gasteiger partial charge is 0.179 e. The van der Waals surface area contributed by atoms with Crippen molar-refractivity contribution in [3.8, 4) is 6.07 Å². The van der Waals surface area contributed by atoms with Gasteiger partial charge in [-0.1, -0.05) is 19.9 Å². The van der Waals surface area contributed by atoms with E-state index in [2.05, 4.69) is 5.32 Å². The maximum absolute atomic E-state index is 12.1. The highest BCUT2D eigenvalue weighted by Crippen LogP contribution is 2.12. The van der Waals surface area contributed by atoms with Crippen LogP contribution in [0.25, 0.3) is 0 Å². The standard InChI is InChI=1S/C14H20N2O3S/c1-11(2)14(10-17)16-6-7-20(18,19)13-5-3-4-12(8-13)9-15/h3-5,8,11,14,16-17H,6-7,10H2,1-2H3/t14-/m1/s1. The van der Waals surface area contributed by atoms with Crippen molar-refractivity contribution in [1.82, 2.24) is 5.32 Å². The van der Waals surface area contributed by atoms with Crippen molar-refractivity contribution in [2.75, 3.05) is 18.9 Å². The van der Waals surface area contributed by atoms with Crippen LogP contribution in [0, 0.1) is 17.2 Å². The van der Waals surface area contributed by atoms with E-state index in [4.69, 9.17) is 10.4 Å². The number of benzene rings is 1. The van der Waals surface area contributed by atoms with E-state index >= 15 is 0 Å². The van der Waals surface area contributed by atoms with Crippen molar-refractivity contribution >= 4 is 9.84 Å². The first-order valence-corrected chi connectivity index (χ1v) is 8.13. The Labute approximate surface area is 120 Å². The molecule has 0 aliphatic carbocycles. The second-order valence-electron chi connectivity index (χ2n) is 4.95. The maximum atomic E-state index is 12.1. The van der Waals surface area contributed by atoms with Crippen LogP contribution in [-0.2, 0) is 9.84 Å². The van der Waals surface area contributed by atoms with Crippen LogP contribution in [0.4, 0.5) is 0 Å². The topological polar surface area (TPSA) is 90.2 Å². The van der Waals surface area contributed by atoms with Crippen LogP contribution in [0.1, 0.15) is 19.4 Å². The quantitative estimate of drug-likeness (QED) is 0.781. The fraction of sp³-hybridized carbons (Fsp3) is 0.500. The monoisotopic (exact) mass is 296 g/mol. The summed E-state index contributed by atoms with van der Waals surface area (Å²) in [6.07, 6.45) is 0. The number of sulfone groups is 1. The minimum absolute atomic E-state index is 0.0262. The summed E-state index contributed by atoms with van der Waals surface area (Å²) in [5.74, 6) is 0.162. The number of aliphatic hydroxyl groups excluding tert-OH is 1. The number of nitrogens with zero attached hydrogens (tertiary/aromatic N) is 1. The van der Waals surface area contributed by atoms with Crippen LogP contribution < -0.4 is 5.32 Å². The summed E-state index contributed by atoms with van der Waals surface area (Å²) in [7, 11) is -3.42. The minimum Gasteiger partial charge on any atom is -0.395 e. The highest BCUT2D eigenvalue weighted by atomic mass is 32.2. The maximum Gasteiger partial charge on any atom is 0.179 e. The van der Waals surface area contributed by atoms with Gasteiger partial charge in [-0.05, 0) is 24.1 Å². The molecule has 20 heavy (non-hydrogen) atoms. The summed E-state index contributed by atoms with van der Waals surface area (Å²) in [4.78, 5) is 0.156. The molecule has 0 saturated heterocycles. The van der Waals surface area contributed by atoms with E-state index in [-0.39, 0.29) is 35.8 Å². The third kappa shape index (κ3) is 4.60. The van der Waals surface area contributed by atoms with E-state index in [9.17, 15) is 8.42 Å². The lowest BCUT2D eigenvalue weighted by Gasteiger charge is -2.19. The molecule has 0 heterocycles. The van der Waals surface area contributed by atoms with E-state index in [1.165, 1.54) is 12.1 Å². The molecule has 1 aromatic carbocycles. The third-order valence-electron chi connectivity index (χ3n) is 3.10. The zero-order chi connectivity index (χ0) is 15.2. The van der Waals surface area contributed by atoms with Crippen molar-refractivity contribution < 1.29 is 13.5 Å². The van der Waals surface area contributed by atoms with E-state index < -0.39 is 9.84 Å². The second kappa shape index (κ2) is 7.39. The Balaban J connectivity index is 2.69. The van der Waals surface area contributed by atoms with E-state index in [1.807, 2.05) is 19.9 Å². The molecule has 0 bridgehead atoms. The van der Waals surface area contributed by atoms with Gasteiger partial charge in [0, 0.05) is 12.6 Å². The molecule has 0 amide bonds. The average Bonchev–Trinajstić information content (AvgIpc) is 2.43. The molecule has 0 radical (unpaired) electrons. The van der Waals surface area contributed by atoms with Crippen molar-refractivity contribution in [3.05, 3.63) is 29.8 Å². The number of nitrogens with one attached hydrogen (secondary N) is 1. The van der Waals surface area contributed by atoms with Gasteiger partial charge in [0.1, 0.15) is 0 Å². The number of hydrogen-bond acceptors (Lipinski definition) is 5. The Morgan fingerprint density at radius 1 is 1.40 bits per heavy atom. The van der Waals surface area contributed by atoms with Gasteiger partial charge < -0.3 is 10.4 Å². The van der Waals surface area contributed by atoms with Gasteiger partial charge in [-0.2, -0.15) is 5.26 Å². The summed E-state index contributed by atoms with van der Waals surface area (Å²) >= 11 is 0. The number of rotatable bonds is 7. The lowest BCUT2D eigenvalue weighted by Crippen LogP contribution is -2.39. The first kappa shape index (κ1) is 16.6. The van der Waals surface area contributed by atoms with Crippen LogP contribution in [0.15, 0.2) is 29.2 Å². The molecule has 0 unspecified atom stereocenters. The normalized spacial score (nSPS) is 13.2. The Kier molecular flexibility index (Phi) is 6.14. The molecule has 0 saturated carbocycles. The van der Waals surface area contributed by atoms with Gasteiger partial charge >= 0.3 is 0 Å². The highest BCUT2D eigenvalue weighted by molar-refractivity contribution is 7.91. The predicted octanol–water partition coefficient (Wildman–Crippen LogP) is 0.938. The lowest BCUT2D eigenvalue weighted by atomic mass is 10.1. The van der Waals surface area contributed by atoms with Crippen LogP contribution in [0.2, 0.25) is 0 Å². The molecular formula is C14H20N2O3S. The van der Waals surface area contributed by atoms with Gasteiger partial charge in [-0.15, -0.1) is 0 Å². The third-order valence-corrected chi connectivity index (χ3v) is 4.81. The zero-order valence-corrected chi connectivity index (χ0v) is 12.5. The molecule has 5 nitrogen and oxygen atoms in total. The lowest BCUT2D eigenvalue weighted by molar-refractivity contribution is 0.213. The van der Waals surface area contributed by atoms with Crippen LogP contribution in [0.3, 0.4) is 0 Å². The molecule has 0 aliphatic heterocycles. The Bertz CT molecular complexity index is 576. The Morgan fingerprint density at radius 3 is 2.65 bits per heavy atom. The molecule has 0 spiro atoms. The molecule has 6 heteroatoms. The fourth-order valence-corrected chi connectivity index (χ4v) is 2.98. The van der Waals surface area contributed by atoms with Crippen LogP contribution in [0.5, 0.6) is 0 Å². The van der Waals surface area contributed by atoms with Gasteiger partial charge in [-0.25, -0.2) is 8.42 Å². The molecule has 0 fully saturated rings. The van der Waals surface area contributed by atoms with Crippen molar-refractivity contribution in [2.45, 2.75) is 24.8 Å². The summed E-state index contributed by atoms with van der Waals surface area (Å²) in [6, 6.07) is 7.80. The second-order valence-corrected chi connectivity index (χ2v) is 7.05. The Morgan fingerprint density at radius 2 is 2.10 bits per heavy atom. The molecule has 2 N–H and O–H groups in total. The van der Waals surface area contributed by atoms with E-state index in [0.717, 1.165) is 0 Å². The first-order chi connectivity index (χ1) is 9.40. The van der Waals surface area contributed by atoms with Crippen molar-refractivity contribution in [3.63, 3.8) is 0 Å². The van der Waals surface area contributed by atoms with Gasteiger partial charge in [0.2, 0.25) is 0 Å². The number of aliphatic hydroxyl groups is 1. The van der Waals surface area contributed by atoms with Crippen molar-refractivity contribution in [2.24, 2.45) is 5.92 Å². The predicted molar refractivity (Wildman–Crippen MR) is 76.9 cm³/mol. The van der Waals surface area contributed by atoms with Crippen molar-refractivity contribution in [1.29, 1.82) is 5.26 Å². The summed E-state index contributed by atoms with van der Waals surface area (Å²) in [6.45, 7) is 4.15. The number of hydrogen-bond donors (Lipinski definition) is 2. The molecule has 1 atom stereocenters. The summed E-state index contributed by atoms with van der Waals surface area (Å²) < 4.78 is 24.3. The van der Waals surface area contributed by atoms with E-state index in [0.29, 0.717) is 5.56 Å². The molecule has 0 aromatic heterocycles. The first-order valence-electron chi connectivity index (χ1n) is 6.48. The Hall–Kier alpha value is -1.42. The van der Waals surface area contributed by atoms with E-state index in [1.54, 1.807) is 12.1 Å². The molecular weight excluding hydrogens is 276 g/mol. The molecule has 1 rings (SSSR count). The zero-order valence-electron chi connectivity index (χ0n) is 11.7. The minimum atomic E-state index is -3.42. The summed E-state index contributed by atoms with van der Waals surface area (Å²) in [5, 5.41) is 21.0. The molecule has 1 aromatic rings. The largest absolute Gasteiger partial charge is 0.395 e. The van der Waals surface area contributed by atoms with Crippen LogP contribution >= 0.6 is 0 Å². The fourth-order valence-electron chi connectivity index (χ4n) is 1.77. The molecule has 110 valence electrons.